The van der Waals surface area contributed by atoms with Crippen LogP contribution in [0.25, 0.3) is 0 Å². The van der Waals surface area contributed by atoms with Crippen LogP contribution in [-0.2, 0) is 10.2 Å². The number of hydrogen-bond acceptors (Lipinski definition) is 3. The van der Waals surface area contributed by atoms with Crippen molar-refractivity contribution in [1.29, 1.82) is 0 Å². The molecule has 1 aromatic carbocycles. The highest BCUT2D eigenvalue weighted by Gasteiger charge is 2.43. The molecule has 2 unspecified atom stereocenters. The SMILES string of the molecule is COc1ccc(C2(C)CNCC2C(N)=O)cc1. The van der Waals surface area contributed by atoms with Gasteiger partial charge >= 0.3 is 0 Å². The Morgan fingerprint density at radius 2 is 2.12 bits per heavy atom. The van der Waals surface area contributed by atoms with Gasteiger partial charge in [-0.15, -0.1) is 0 Å². The minimum Gasteiger partial charge on any atom is -0.497 e. The zero-order chi connectivity index (χ0) is 12.5. The van der Waals surface area contributed by atoms with Crippen LogP contribution in [0.2, 0.25) is 0 Å². The van der Waals surface area contributed by atoms with Crippen LogP contribution in [0.5, 0.6) is 5.75 Å². The molecule has 2 rings (SSSR count). The predicted octanol–water partition coefficient (Wildman–Crippen LogP) is 0.658. The third kappa shape index (κ3) is 2.00. The van der Waals surface area contributed by atoms with Crippen molar-refractivity contribution in [3.8, 4) is 5.75 Å². The Hall–Kier alpha value is -1.55. The second kappa shape index (κ2) is 4.37. The lowest BCUT2D eigenvalue weighted by atomic mass is 9.74. The van der Waals surface area contributed by atoms with Crippen LogP contribution in [0.3, 0.4) is 0 Å². The van der Waals surface area contributed by atoms with Gasteiger partial charge in [0.2, 0.25) is 5.91 Å². The molecule has 92 valence electrons. The molecule has 0 saturated carbocycles. The van der Waals surface area contributed by atoms with E-state index in [1.54, 1.807) is 7.11 Å². The van der Waals surface area contributed by atoms with Crippen molar-refractivity contribution in [2.75, 3.05) is 20.2 Å². The molecule has 0 spiro atoms. The number of carbonyl (C=O) groups is 1. The topological polar surface area (TPSA) is 64.3 Å². The number of amides is 1. The molecule has 1 fully saturated rings. The molecule has 4 heteroatoms. The molecule has 17 heavy (non-hydrogen) atoms. The summed E-state index contributed by atoms with van der Waals surface area (Å²) in [6.45, 7) is 3.50. The number of methoxy groups -OCH3 is 1. The van der Waals surface area contributed by atoms with E-state index in [-0.39, 0.29) is 17.2 Å². The lowest BCUT2D eigenvalue weighted by Gasteiger charge is -2.29. The molecule has 0 aromatic heterocycles. The molecule has 1 saturated heterocycles. The van der Waals surface area contributed by atoms with E-state index in [1.807, 2.05) is 24.3 Å². The summed E-state index contributed by atoms with van der Waals surface area (Å²) in [5, 5.41) is 3.24. The second-order valence-corrected chi connectivity index (χ2v) is 4.73. The molecule has 2 atom stereocenters. The normalized spacial score (nSPS) is 28.0. The quantitative estimate of drug-likeness (QED) is 0.807. The highest BCUT2D eigenvalue weighted by Crippen LogP contribution is 2.35. The monoisotopic (exact) mass is 234 g/mol. The van der Waals surface area contributed by atoms with Gasteiger partial charge in [0.1, 0.15) is 5.75 Å². The van der Waals surface area contributed by atoms with Gasteiger partial charge in [-0.3, -0.25) is 4.79 Å². The summed E-state index contributed by atoms with van der Waals surface area (Å²) in [4.78, 5) is 11.5. The average molecular weight is 234 g/mol. The highest BCUT2D eigenvalue weighted by molar-refractivity contribution is 5.79. The number of benzene rings is 1. The molecule has 1 heterocycles. The summed E-state index contributed by atoms with van der Waals surface area (Å²) in [5.74, 6) is 0.420. The molecule has 1 amide bonds. The predicted molar refractivity (Wildman–Crippen MR) is 65.9 cm³/mol. The minimum absolute atomic E-state index is 0.157. The van der Waals surface area contributed by atoms with E-state index in [9.17, 15) is 4.79 Å². The van der Waals surface area contributed by atoms with E-state index < -0.39 is 0 Å². The van der Waals surface area contributed by atoms with Gasteiger partial charge in [-0.1, -0.05) is 19.1 Å². The first-order valence-corrected chi connectivity index (χ1v) is 5.72. The Kier molecular flexibility index (Phi) is 3.07. The van der Waals surface area contributed by atoms with Crippen LogP contribution in [0, 0.1) is 5.92 Å². The third-order valence-electron chi connectivity index (χ3n) is 3.70. The number of ether oxygens (including phenoxy) is 1. The Balaban J connectivity index is 2.33. The third-order valence-corrected chi connectivity index (χ3v) is 3.70. The van der Waals surface area contributed by atoms with Gasteiger partial charge in [-0.05, 0) is 17.7 Å². The summed E-state index contributed by atoms with van der Waals surface area (Å²) in [6.07, 6.45) is 0. The maximum atomic E-state index is 11.5. The standard InChI is InChI=1S/C13H18N2O2/c1-13(8-15-7-11(13)12(14)16)9-3-5-10(17-2)6-4-9/h3-6,11,15H,7-8H2,1-2H3,(H2,14,16). The number of nitrogens with two attached hydrogens (primary N) is 1. The molecule has 1 aromatic rings. The summed E-state index contributed by atoms with van der Waals surface area (Å²) < 4.78 is 5.13. The fraction of sp³-hybridized carbons (Fsp3) is 0.462. The molecule has 0 radical (unpaired) electrons. The van der Waals surface area contributed by atoms with Crippen LogP contribution in [-0.4, -0.2) is 26.1 Å². The second-order valence-electron chi connectivity index (χ2n) is 4.73. The van der Waals surface area contributed by atoms with Crippen LogP contribution < -0.4 is 15.8 Å². The summed E-state index contributed by atoms with van der Waals surface area (Å²) in [5.41, 5.74) is 6.36. The highest BCUT2D eigenvalue weighted by atomic mass is 16.5. The first-order chi connectivity index (χ1) is 8.08. The molecule has 1 aliphatic heterocycles. The maximum absolute atomic E-state index is 11.5. The lowest BCUT2D eigenvalue weighted by Crippen LogP contribution is -2.39. The van der Waals surface area contributed by atoms with Gasteiger partial charge in [0.05, 0.1) is 13.0 Å². The number of hydrogen-bond donors (Lipinski definition) is 2. The molecular weight excluding hydrogens is 216 g/mol. The van der Waals surface area contributed by atoms with Crippen LogP contribution in [0.1, 0.15) is 12.5 Å². The van der Waals surface area contributed by atoms with Crippen molar-refractivity contribution in [1.82, 2.24) is 5.32 Å². The Labute approximate surface area is 101 Å². The average Bonchev–Trinajstić information content (AvgIpc) is 2.73. The Bertz CT molecular complexity index is 416. The zero-order valence-corrected chi connectivity index (χ0v) is 10.2. The largest absolute Gasteiger partial charge is 0.497 e. The molecular formula is C13H18N2O2. The summed E-state index contributed by atoms with van der Waals surface area (Å²) >= 11 is 0. The Morgan fingerprint density at radius 1 is 1.47 bits per heavy atom. The van der Waals surface area contributed by atoms with Gasteiger partial charge in [0, 0.05) is 18.5 Å². The number of primary amides is 1. The van der Waals surface area contributed by atoms with Crippen LogP contribution in [0.15, 0.2) is 24.3 Å². The smallest absolute Gasteiger partial charge is 0.222 e. The van der Waals surface area contributed by atoms with Gasteiger partial charge in [-0.25, -0.2) is 0 Å². The number of rotatable bonds is 3. The first-order valence-electron chi connectivity index (χ1n) is 5.72. The number of nitrogens with one attached hydrogen (secondary N) is 1. The minimum atomic E-state index is -0.242. The summed E-state index contributed by atoms with van der Waals surface area (Å²) in [7, 11) is 1.64. The van der Waals surface area contributed by atoms with Gasteiger partial charge in [-0.2, -0.15) is 0 Å². The van der Waals surface area contributed by atoms with Crippen molar-refractivity contribution in [3.63, 3.8) is 0 Å². The van der Waals surface area contributed by atoms with E-state index in [2.05, 4.69) is 12.2 Å². The van der Waals surface area contributed by atoms with E-state index >= 15 is 0 Å². The van der Waals surface area contributed by atoms with Gasteiger partial charge in [0.15, 0.2) is 0 Å². The first kappa shape index (κ1) is 11.9. The van der Waals surface area contributed by atoms with Crippen molar-refractivity contribution in [3.05, 3.63) is 29.8 Å². The van der Waals surface area contributed by atoms with E-state index in [4.69, 9.17) is 10.5 Å². The van der Waals surface area contributed by atoms with Gasteiger partial charge in [0.25, 0.3) is 0 Å². The Morgan fingerprint density at radius 3 is 2.65 bits per heavy atom. The zero-order valence-electron chi connectivity index (χ0n) is 10.2. The lowest BCUT2D eigenvalue weighted by molar-refractivity contribution is -0.122. The summed E-state index contributed by atoms with van der Waals surface area (Å²) in [6, 6.07) is 7.83. The molecule has 0 aliphatic carbocycles. The van der Waals surface area contributed by atoms with Crippen molar-refractivity contribution in [2.24, 2.45) is 11.7 Å². The molecule has 3 N–H and O–H groups in total. The molecule has 4 nitrogen and oxygen atoms in total. The van der Waals surface area contributed by atoms with E-state index in [1.165, 1.54) is 0 Å². The van der Waals surface area contributed by atoms with Crippen LogP contribution >= 0.6 is 0 Å². The fourth-order valence-corrected chi connectivity index (χ4v) is 2.51. The van der Waals surface area contributed by atoms with E-state index in [0.29, 0.717) is 6.54 Å². The number of carbonyl (C=O) groups excluding carboxylic acids is 1. The van der Waals surface area contributed by atoms with E-state index in [0.717, 1.165) is 17.9 Å². The van der Waals surface area contributed by atoms with Crippen molar-refractivity contribution < 1.29 is 9.53 Å². The van der Waals surface area contributed by atoms with Crippen molar-refractivity contribution >= 4 is 5.91 Å². The van der Waals surface area contributed by atoms with Crippen LogP contribution in [0.4, 0.5) is 0 Å². The fourth-order valence-electron chi connectivity index (χ4n) is 2.51. The molecule has 0 bridgehead atoms. The van der Waals surface area contributed by atoms with Gasteiger partial charge < -0.3 is 15.8 Å². The molecule has 1 aliphatic rings. The van der Waals surface area contributed by atoms with Crippen molar-refractivity contribution in [2.45, 2.75) is 12.3 Å². The maximum Gasteiger partial charge on any atom is 0.222 e.